The number of hydrogen-bond acceptors (Lipinski definition) is 1. The highest BCUT2D eigenvalue weighted by molar-refractivity contribution is 6.22. The zero-order chi connectivity index (χ0) is 42.0. The molecule has 0 saturated heterocycles. The second-order valence-corrected chi connectivity index (χ2v) is 16.0. The van der Waals surface area contributed by atoms with Gasteiger partial charge in [0.25, 0.3) is 0 Å². The maximum absolute atomic E-state index is 2.46. The molecule has 296 valence electrons. The third-order valence-electron chi connectivity index (χ3n) is 12.2. The van der Waals surface area contributed by atoms with Crippen LogP contribution >= 0.6 is 0 Å². The van der Waals surface area contributed by atoms with Crippen LogP contribution in [0, 0.1) is 0 Å². The fourth-order valence-corrected chi connectivity index (χ4v) is 9.33. The van der Waals surface area contributed by atoms with Crippen LogP contribution in [0.1, 0.15) is 0 Å². The molecule has 0 spiro atoms. The van der Waals surface area contributed by atoms with E-state index in [9.17, 15) is 0 Å². The van der Waals surface area contributed by atoms with Crippen molar-refractivity contribution in [1.29, 1.82) is 0 Å². The van der Waals surface area contributed by atoms with E-state index in [2.05, 4.69) is 266 Å². The summed E-state index contributed by atoms with van der Waals surface area (Å²) in [6.07, 6.45) is 0. The lowest BCUT2D eigenvalue weighted by Gasteiger charge is -2.31. The molecule has 1 heteroatoms. The number of fused-ring (bicyclic) bond motifs is 3. The van der Waals surface area contributed by atoms with Gasteiger partial charge in [0.1, 0.15) is 0 Å². The first-order chi connectivity index (χ1) is 31.3. The van der Waals surface area contributed by atoms with Crippen molar-refractivity contribution in [2.45, 2.75) is 0 Å². The SMILES string of the molecule is c1ccc(-c2ccc(N(c3cccc(-c4ccc5c(c4)c(-c4ccccc4)c(-c4ccccc4)c4ccccc45)c3)c3c(-c4ccccc4)cccc3-c3ccccc3)cc2)cc1. The van der Waals surface area contributed by atoms with Crippen molar-refractivity contribution >= 4 is 38.6 Å². The molecule has 0 aromatic heterocycles. The normalized spacial score (nSPS) is 11.2. The molecule has 0 unspecified atom stereocenters. The maximum Gasteiger partial charge on any atom is 0.0618 e. The lowest BCUT2D eigenvalue weighted by Crippen LogP contribution is -2.13. The van der Waals surface area contributed by atoms with Crippen molar-refractivity contribution < 1.29 is 0 Å². The Morgan fingerprint density at radius 3 is 1.17 bits per heavy atom. The summed E-state index contributed by atoms with van der Waals surface area (Å²) >= 11 is 0. The standard InChI is InChI=1S/C62H43N/c1-6-20-44(21-7-1)45-36-39-52(40-37-45)63(62-54(46-22-8-2-9-23-46)34-19-35-55(62)47-24-10-3-11-25-47)53-31-18-30-50(42-53)51-38-41-57-56-32-16-17-33-58(56)60(48-26-12-4-13-27-48)61(59(57)43-51)49-28-14-5-15-29-49/h1-43H. The first-order valence-corrected chi connectivity index (χ1v) is 21.7. The van der Waals surface area contributed by atoms with Gasteiger partial charge in [0, 0.05) is 22.5 Å². The van der Waals surface area contributed by atoms with E-state index >= 15 is 0 Å². The monoisotopic (exact) mass is 801 g/mol. The average Bonchev–Trinajstić information content (AvgIpc) is 3.37. The van der Waals surface area contributed by atoms with Crippen molar-refractivity contribution in [3.8, 4) is 66.8 Å². The van der Waals surface area contributed by atoms with Gasteiger partial charge in [-0.15, -0.1) is 0 Å². The summed E-state index contributed by atoms with van der Waals surface area (Å²) in [6, 6.07) is 94.7. The van der Waals surface area contributed by atoms with Crippen LogP contribution < -0.4 is 4.90 Å². The molecule has 0 fully saturated rings. The molecule has 11 aromatic rings. The van der Waals surface area contributed by atoms with Gasteiger partial charge in [-0.2, -0.15) is 0 Å². The fraction of sp³-hybridized carbons (Fsp3) is 0. The lowest BCUT2D eigenvalue weighted by molar-refractivity contribution is 1.28. The zero-order valence-electron chi connectivity index (χ0n) is 34.8. The lowest BCUT2D eigenvalue weighted by atomic mass is 9.84. The fourth-order valence-electron chi connectivity index (χ4n) is 9.33. The van der Waals surface area contributed by atoms with E-state index in [1.54, 1.807) is 0 Å². The van der Waals surface area contributed by atoms with Crippen molar-refractivity contribution in [3.05, 3.63) is 261 Å². The van der Waals surface area contributed by atoms with Crippen LogP contribution in [0.5, 0.6) is 0 Å². The Bertz CT molecular complexity index is 3280. The van der Waals surface area contributed by atoms with Gasteiger partial charge in [-0.25, -0.2) is 0 Å². The molecule has 11 rings (SSSR count). The van der Waals surface area contributed by atoms with Gasteiger partial charge < -0.3 is 4.90 Å². The van der Waals surface area contributed by atoms with E-state index in [0.29, 0.717) is 0 Å². The minimum atomic E-state index is 1.08. The molecule has 0 aliphatic heterocycles. The zero-order valence-corrected chi connectivity index (χ0v) is 34.8. The van der Waals surface area contributed by atoms with Gasteiger partial charge >= 0.3 is 0 Å². The summed E-state index contributed by atoms with van der Waals surface area (Å²) in [7, 11) is 0. The largest absolute Gasteiger partial charge is 0.309 e. The predicted octanol–water partition coefficient (Wildman–Crippen LogP) is 17.5. The third-order valence-corrected chi connectivity index (χ3v) is 12.2. The maximum atomic E-state index is 2.46. The third kappa shape index (κ3) is 7.16. The molecule has 0 aliphatic carbocycles. The Labute approximate surface area is 369 Å². The van der Waals surface area contributed by atoms with Crippen LogP contribution in [-0.2, 0) is 0 Å². The Kier molecular flexibility index (Phi) is 9.97. The van der Waals surface area contributed by atoms with E-state index < -0.39 is 0 Å². The number of anilines is 3. The number of nitrogens with zero attached hydrogens (tertiary/aromatic N) is 1. The number of hydrogen-bond donors (Lipinski definition) is 0. The average molecular weight is 802 g/mol. The van der Waals surface area contributed by atoms with Crippen LogP contribution in [0.4, 0.5) is 17.1 Å². The Balaban J connectivity index is 1.15. The van der Waals surface area contributed by atoms with Gasteiger partial charge in [-0.1, -0.05) is 231 Å². The van der Waals surface area contributed by atoms with Crippen LogP contribution in [0.15, 0.2) is 261 Å². The molecule has 63 heavy (non-hydrogen) atoms. The van der Waals surface area contributed by atoms with Gasteiger partial charge in [-0.3, -0.25) is 0 Å². The first kappa shape index (κ1) is 37.7. The molecule has 1 nitrogen and oxygen atoms in total. The number of para-hydroxylation sites is 1. The van der Waals surface area contributed by atoms with Crippen LogP contribution in [-0.4, -0.2) is 0 Å². The van der Waals surface area contributed by atoms with Gasteiger partial charge in [0.15, 0.2) is 0 Å². The van der Waals surface area contributed by atoms with Gasteiger partial charge in [0.2, 0.25) is 0 Å². The number of benzene rings is 11. The Morgan fingerprint density at radius 2 is 0.603 bits per heavy atom. The molecule has 0 N–H and O–H groups in total. The molecule has 0 aliphatic rings. The number of rotatable bonds is 9. The quantitative estimate of drug-likeness (QED) is 0.131. The van der Waals surface area contributed by atoms with E-state index in [-0.39, 0.29) is 0 Å². The topological polar surface area (TPSA) is 3.24 Å². The summed E-state index contributed by atoms with van der Waals surface area (Å²) < 4.78 is 0. The summed E-state index contributed by atoms with van der Waals surface area (Å²) in [5.74, 6) is 0. The second-order valence-electron chi connectivity index (χ2n) is 16.0. The molecular formula is C62H43N. The van der Waals surface area contributed by atoms with Crippen molar-refractivity contribution in [1.82, 2.24) is 0 Å². The van der Waals surface area contributed by atoms with Crippen LogP contribution in [0.2, 0.25) is 0 Å². The highest BCUT2D eigenvalue weighted by Gasteiger charge is 2.23. The van der Waals surface area contributed by atoms with E-state index in [0.717, 1.165) is 50.4 Å². The van der Waals surface area contributed by atoms with Crippen LogP contribution in [0.3, 0.4) is 0 Å². The Morgan fingerprint density at radius 1 is 0.206 bits per heavy atom. The van der Waals surface area contributed by atoms with E-state index in [1.165, 1.54) is 54.9 Å². The van der Waals surface area contributed by atoms with Gasteiger partial charge in [0.05, 0.1) is 5.69 Å². The summed E-state index contributed by atoms with van der Waals surface area (Å²) in [5.41, 5.74) is 17.5. The summed E-state index contributed by atoms with van der Waals surface area (Å²) in [5, 5.41) is 4.98. The summed E-state index contributed by atoms with van der Waals surface area (Å²) in [4.78, 5) is 2.46. The predicted molar refractivity (Wildman–Crippen MR) is 269 cm³/mol. The molecule has 0 amide bonds. The molecular weight excluding hydrogens is 759 g/mol. The molecule has 0 saturated carbocycles. The molecule has 0 bridgehead atoms. The second kappa shape index (κ2) is 16.7. The highest BCUT2D eigenvalue weighted by atomic mass is 15.1. The minimum Gasteiger partial charge on any atom is -0.309 e. The highest BCUT2D eigenvalue weighted by Crippen LogP contribution is 2.49. The van der Waals surface area contributed by atoms with E-state index in [4.69, 9.17) is 0 Å². The molecule has 0 radical (unpaired) electrons. The van der Waals surface area contributed by atoms with E-state index in [1.807, 2.05) is 0 Å². The van der Waals surface area contributed by atoms with Crippen molar-refractivity contribution in [3.63, 3.8) is 0 Å². The first-order valence-electron chi connectivity index (χ1n) is 21.7. The molecule has 11 aromatic carbocycles. The summed E-state index contributed by atoms with van der Waals surface area (Å²) in [6.45, 7) is 0. The van der Waals surface area contributed by atoms with Crippen molar-refractivity contribution in [2.24, 2.45) is 0 Å². The van der Waals surface area contributed by atoms with Gasteiger partial charge in [-0.05, 0) is 108 Å². The molecule has 0 atom stereocenters. The van der Waals surface area contributed by atoms with Crippen molar-refractivity contribution in [2.75, 3.05) is 4.90 Å². The Hall–Kier alpha value is -8.26. The smallest absolute Gasteiger partial charge is 0.0618 e. The minimum absolute atomic E-state index is 1.08. The molecule has 0 heterocycles. The van der Waals surface area contributed by atoms with Crippen LogP contribution in [0.25, 0.3) is 88.3 Å².